The van der Waals surface area contributed by atoms with Crippen molar-refractivity contribution in [1.29, 1.82) is 0 Å². The van der Waals surface area contributed by atoms with Crippen LogP contribution in [0.4, 0.5) is 16.2 Å². The van der Waals surface area contributed by atoms with Crippen molar-refractivity contribution in [3.63, 3.8) is 0 Å². The van der Waals surface area contributed by atoms with E-state index in [0.29, 0.717) is 24.4 Å². The summed E-state index contributed by atoms with van der Waals surface area (Å²) < 4.78 is 5.58. The molecule has 26 heavy (non-hydrogen) atoms. The monoisotopic (exact) mass is 353 g/mol. The zero-order valence-electron chi connectivity index (χ0n) is 15.0. The van der Waals surface area contributed by atoms with Gasteiger partial charge in [0.15, 0.2) is 0 Å². The fraction of sp³-hybridized carbons (Fsp3) is 0.300. The molecule has 0 aliphatic carbocycles. The quantitative estimate of drug-likeness (QED) is 0.760. The summed E-state index contributed by atoms with van der Waals surface area (Å²) in [4.78, 5) is 24.2. The highest BCUT2D eigenvalue weighted by Crippen LogP contribution is 2.31. The van der Waals surface area contributed by atoms with Gasteiger partial charge in [-0.15, -0.1) is 0 Å². The standard InChI is InChI=1S/C20H23N3O3/c1-3-7-19(24)21-15-9-6-10-16(13(15)2)22-20(25)23-17-12-26-18-11-5-4-8-14(17)18/h4-6,8-11,17H,3,7,12H2,1-2H3,(H,21,24)(H2,22,23,25). The Morgan fingerprint density at radius 2 is 1.81 bits per heavy atom. The van der Waals surface area contributed by atoms with Gasteiger partial charge in [-0.3, -0.25) is 4.79 Å². The summed E-state index contributed by atoms with van der Waals surface area (Å²) in [6, 6.07) is 12.6. The molecule has 0 saturated carbocycles. The topological polar surface area (TPSA) is 79.5 Å². The predicted octanol–water partition coefficient (Wildman–Crippen LogP) is 3.99. The number of fused-ring (bicyclic) bond motifs is 1. The van der Waals surface area contributed by atoms with Gasteiger partial charge in [-0.1, -0.05) is 31.2 Å². The molecule has 0 spiro atoms. The lowest BCUT2D eigenvalue weighted by molar-refractivity contribution is -0.116. The SMILES string of the molecule is CCCC(=O)Nc1cccc(NC(=O)NC2COc3ccccc32)c1C. The molecule has 136 valence electrons. The van der Waals surface area contributed by atoms with Gasteiger partial charge in [0.1, 0.15) is 12.4 Å². The summed E-state index contributed by atoms with van der Waals surface area (Å²) in [5.74, 6) is 0.770. The minimum absolute atomic E-state index is 0.0306. The van der Waals surface area contributed by atoms with E-state index in [0.717, 1.165) is 23.3 Å². The smallest absolute Gasteiger partial charge is 0.319 e. The number of hydrogen-bond donors (Lipinski definition) is 3. The van der Waals surface area contributed by atoms with Crippen LogP contribution in [0.25, 0.3) is 0 Å². The summed E-state index contributed by atoms with van der Waals surface area (Å²) in [5, 5.41) is 8.67. The van der Waals surface area contributed by atoms with E-state index in [1.807, 2.05) is 50.2 Å². The molecule has 1 aliphatic rings. The summed E-state index contributed by atoms with van der Waals surface area (Å²) in [6.07, 6.45) is 1.26. The highest BCUT2D eigenvalue weighted by atomic mass is 16.5. The summed E-state index contributed by atoms with van der Waals surface area (Å²) in [6.45, 7) is 4.24. The minimum Gasteiger partial charge on any atom is -0.491 e. The van der Waals surface area contributed by atoms with Gasteiger partial charge in [-0.25, -0.2) is 4.79 Å². The van der Waals surface area contributed by atoms with Crippen LogP contribution in [0.2, 0.25) is 0 Å². The van der Waals surface area contributed by atoms with Crippen LogP contribution in [-0.2, 0) is 4.79 Å². The summed E-state index contributed by atoms with van der Waals surface area (Å²) in [7, 11) is 0. The first-order chi connectivity index (χ1) is 12.6. The van der Waals surface area contributed by atoms with Gasteiger partial charge in [0.25, 0.3) is 0 Å². The predicted molar refractivity (Wildman–Crippen MR) is 102 cm³/mol. The molecule has 0 bridgehead atoms. The van der Waals surface area contributed by atoms with Crippen LogP contribution < -0.4 is 20.7 Å². The molecule has 0 radical (unpaired) electrons. The van der Waals surface area contributed by atoms with Crippen LogP contribution in [0.1, 0.15) is 36.9 Å². The average molecular weight is 353 g/mol. The lowest BCUT2D eigenvalue weighted by Crippen LogP contribution is -2.33. The number of ether oxygens (including phenoxy) is 1. The Bertz CT molecular complexity index is 820. The Morgan fingerprint density at radius 1 is 1.08 bits per heavy atom. The first-order valence-electron chi connectivity index (χ1n) is 8.77. The van der Waals surface area contributed by atoms with Gasteiger partial charge in [0, 0.05) is 23.4 Å². The maximum absolute atomic E-state index is 12.4. The number of carbonyl (C=O) groups is 2. The molecule has 0 fully saturated rings. The fourth-order valence-corrected chi connectivity index (χ4v) is 2.95. The van der Waals surface area contributed by atoms with E-state index >= 15 is 0 Å². The maximum Gasteiger partial charge on any atom is 0.319 e. The molecule has 3 rings (SSSR count). The van der Waals surface area contributed by atoms with Crippen molar-refractivity contribution in [2.24, 2.45) is 0 Å². The number of rotatable bonds is 5. The Balaban J connectivity index is 1.66. The Morgan fingerprint density at radius 3 is 2.58 bits per heavy atom. The second-order valence-electron chi connectivity index (χ2n) is 6.28. The zero-order chi connectivity index (χ0) is 18.5. The van der Waals surface area contributed by atoms with Crippen molar-refractivity contribution >= 4 is 23.3 Å². The first-order valence-corrected chi connectivity index (χ1v) is 8.77. The number of para-hydroxylation sites is 1. The maximum atomic E-state index is 12.4. The van der Waals surface area contributed by atoms with E-state index in [2.05, 4.69) is 16.0 Å². The zero-order valence-corrected chi connectivity index (χ0v) is 15.0. The molecule has 1 heterocycles. The van der Waals surface area contributed by atoms with Crippen LogP contribution in [0, 0.1) is 6.92 Å². The van der Waals surface area contributed by atoms with Crippen molar-refractivity contribution in [3.05, 3.63) is 53.6 Å². The van der Waals surface area contributed by atoms with Crippen molar-refractivity contribution in [2.75, 3.05) is 17.2 Å². The lowest BCUT2D eigenvalue weighted by Gasteiger charge is -2.16. The molecule has 1 unspecified atom stereocenters. The Labute approximate surface area is 152 Å². The van der Waals surface area contributed by atoms with E-state index < -0.39 is 0 Å². The molecule has 6 heteroatoms. The van der Waals surface area contributed by atoms with E-state index in [9.17, 15) is 9.59 Å². The molecular weight excluding hydrogens is 330 g/mol. The van der Waals surface area contributed by atoms with Crippen LogP contribution >= 0.6 is 0 Å². The van der Waals surface area contributed by atoms with Crippen molar-refractivity contribution in [3.8, 4) is 5.75 Å². The van der Waals surface area contributed by atoms with E-state index in [4.69, 9.17) is 4.74 Å². The summed E-state index contributed by atoms with van der Waals surface area (Å²) in [5.41, 5.74) is 3.15. The van der Waals surface area contributed by atoms with Crippen molar-refractivity contribution in [2.45, 2.75) is 32.7 Å². The average Bonchev–Trinajstić information content (AvgIpc) is 3.02. The minimum atomic E-state index is -0.310. The highest BCUT2D eigenvalue weighted by molar-refractivity contribution is 5.95. The second kappa shape index (κ2) is 7.91. The van der Waals surface area contributed by atoms with Gasteiger partial charge in [0.2, 0.25) is 5.91 Å². The molecule has 1 atom stereocenters. The lowest BCUT2D eigenvalue weighted by atomic mass is 10.1. The number of urea groups is 1. The van der Waals surface area contributed by atoms with Gasteiger partial charge in [-0.05, 0) is 37.1 Å². The molecule has 6 nitrogen and oxygen atoms in total. The molecule has 0 saturated heterocycles. The first kappa shape index (κ1) is 17.8. The van der Waals surface area contributed by atoms with Crippen LogP contribution in [0.3, 0.4) is 0 Å². The van der Waals surface area contributed by atoms with E-state index in [1.165, 1.54) is 0 Å². The normalized spacial score (nSPS) is 14.9. The molecule has 3 amide bonds. The Hall–Kier alpha value is -3.02. The number of nitrogens with one attached hydrogen (secondary N) is 3. The second-order valence-corrected chi connectivity index (χ2v) is 6.28. The van der Waals surface area contributed by atoms with Crippen LogP contribution in [0.15, 0.2) is 42.5 Å². The van der Waals surface area contributed by atoms with Crippen LogP contribution in [-0.4, -0.2) is 18.5 Å². The summed E-state index contributed by atoms with van der Waals surface area (Å²) >= 11 is 0. The van der Waals surface area contributed by atoms with Crippen molar-refractivity contribution in [1.82, 2.24) is 5.32 Å². The van der Waals surface area contributed by atoms with Crippen molar-refractivity contribution < 1.29 is 14.3 Å². The molecule has 1 aliphatic heterocycles. The third kappa shape index (κ3) is 3.96. The number of amides is 3. The molecule has 2 aromatic rings. The van der Waals surface area contributed by atoms with Gasteiger partial charge in [0.05, 0.1) is 6.04 Å². The largest absolute Gasteiger partial charge is 0.491 e. The van der Waals surface area contributed by atoms with E-state index in [-0.39, 0.29) is 18.0 Å². The van der Waals surface area contributed by atoms with Gasteiger partial charge in [-0.2, -0.15) is 0 Å². The van der Waals surface area contributed by atoms with Crippen LogP contribution in [0.5, 0.6) is 5.75 Å². The third-order valence-corrected chi connectivity index (χ3v) is 4.34. The molecule has 2 aromatic carbocycles. The van der Waals surface area contributed by atoms with Gasteiger partial charge >= 0.3 is 6.03 Å². The third-order valence-electron chi connectivity index (χ3n) is 4.34. The molecule has 0 aromatic heterocycles. The number of carbonyl (C=O) groups excluding carboxylic acids is 2. The fourth-order valence-electron chi connectivity index (χ4n) is 2.95. The number of hydrogen-bond acceptors (Lipinski definition) is 3. The molecule has 3 N–H and O–H groups in total. The highest BCUT2D eigenvalue weighted by Gasteiger charge is 2.25. The van der Waals surface area contributed by atoms with E-state index in [1.54, 1.807) is 6.07 Å². The number of benzene rings is 2. The van der Waals surface area contributed by atoms with Gasteiger partial charge < -0.3 is 20.7 Å². The molecular formula is C20H23N3O3. The number of anilines is 2. The Kier molecular flexibility index (Phi) is 5.41.